The number of fused-ring (bicyclic) bond motifs is 2. The molecule has 2 aromatic carbocycles. The van der Waals surface area contributed by atoms with E-state index in [2.05, 4.69) is 25.3 Å². The number of rotatable bonds is 5. The number of H-pyrrole nitrogens is 1. The summed E-state index contributed by atoms with van der Waals surface area (Å²) in [5, 5.41) is 6.51. The molecule has 0 aliphatic rings. The molecule has 0 aliphatic heterocycles. The molecule has 2 amide bonds. The van der Waals surface area contributed by atoms with E-state index in [-0.39, 0.29) is 5.69 Å². The van der Waals surface area contributed by atoms with Crippen LogP contribution in [0, 0.1) is 0 Å². The van der Waals surface area contributed by atoms with E-state index in [1.54, 1.807) is 55.0 Å². The molecule has 172 valence electrons. The van der Waals surface area contributed by atoms with E-state index in [9.17, 15) is 18.0 Å². The number of pyridine rings is 1. The lowest BCUT2D eigenvalue weighted by molar-refractivity contribution is -0.274. The molecule has 0 spiro atoms. The normalized spacial score (nSPS) is 12.9. The smallest absolute Gasteiger partial charge is 0.406 e. The Bertz CT molecular complexity index is 1560. The third-order valence-electron chi connectivity index (χ3n) is 5.02. The number of aromatic nitrogens is 3. The molecule has 5 aromatic rings. The SMILES string of the molecule is [2H]C([2H])(c1c[nH]c2ncccc12)n1ccc2c(NC(=O)Nc3ccc(OC(F)(F)F)cc3)cccc21. The summed E-state index contributed by atoms with van der Waals surface area (Å²) in [5.41, 5.74) is 2.22. The third-order valence-corrected chi connectivity index (χ3v) is 5.02. The number of anilines is 2. The van der Waals surface area contributed by atoms with Gasteiger partial charge in [-0.25, -0.2) is 9.78 Å². The number of carbonyl (C=O) groups is 1. The van der Waals surface area contributed by atoms with Gasteiger partial charge in [0.2, 0.25) is 0 Å². The van der Waals surface area contributed by atoms with Crippen molar-refractivity contribution in [2.45, 2.75) is 12.9 Å². The van der Waals surface area contributed by atoms with Crippen LogP contribution in [0.5, 0.6) is 5.75 Å². The summed E-state index contributed by atoms with van der Waals surface area (Å²) in [6.45, 7) is -1.93. The van der Waals surface area contributed by atoms with Crippen LogP contribution in [0.3, 0.4) is 0 Å². The Hall–Kier alpha value is -4.47. The van der Waals surface area contributed by atoms with E-state index < -0.39 is 24.6 Å². The zero-order chi connectivity index (χ0) is 25.5. The number of nitrogens with one attached hydrogen (secondary N) is 3. The van der Waals surface area contributed by atoms with Crippen molar-refractivity contribution in [2.24, 2.45) is 0 Å². The number of benzene rings is 2. The van der Waals surface area contributed by atoms with Crippen molar-refractivity contribution >= 4 is 39.3 Å². The van der Waals surface area contributed by atoms with Gasteiger partial charge >= 0.3 is 12.4 Å². The van der Waals surface area contributed by atoms with Gasteiger partial charge in [0.15, 0.2) is 0 Å². The molecular formula is C24H18F3N5O2. The van der Waals surface area contributed by atoms with Crippen LogP contribution >= 0.6 is 0 Å². The van der Waals surface area contributed by atoms with Gasteiger partial charge in [-0.15, -0.1) is 13.2 Å². The standard InChI is InChI=1S/C24H18F3N5O2/c25-24(26,27)34-17-8-6-16(7-9-17)30-23(33)31-20-4-1-5-21-19(20)10-12-32(21)14-15-13-29-22-18(15)3-2-11-28-22/h1-13H,14H2,(H,28,29)(H2,30,31,33)/i14D2. The fraction of sp³-hybridized carbons (Fsp3) is 0.0833. The first-order chi connectivity index (χ1) is 17.1. The zero-order valence-corrected chi connectivity index (χ0v) is 17.4. The van der Waals surface area contributed by atoms with Gasteiger partial charge in [0.1, 0.15) is 11.4 Å². The minimum atomic E-state index is -4.80. The first kappa shape index (κ1) is 19.0. The number of carbonyl (C=O) groups excluding carboxylic acids is 1. The summed E-state index contributed by atoms with van der Waals surface area (Å²) in [4.78, 5) is 19.8. The van der Waals surface area contributed by atoms with Crippen LogP contribution in [0.4, 0.5) is 29.3 Å². The Morgan fingerprint density at radius 1 is 1.06 bits per heavy atom. The van der Waals surface area contributed by atoms with Crippen molar-refractivity contribution in [3.8, 4) is 5.75 Å². The highest BCUT2D eigenvalue weighted by Gasteiger charge is 2.31. The molecular weight excluding hydrogens is 447 g/mol. The van der Waals surface area contributed by atoms with Crippen molar-refractivity contribution in [1.29, 1.82) is 0 Å². The maximum atomic E-state index is 12.6. The quantitative estimate of drug-likeness (QED) is 0.292. The van der Waals surface area contributed by atoms with Crippen LogP contribution in [0.25, 0.3) is 21.9 Å². The molecule has 0 fully saturated rings. The van der Waals surface area contributed by atoms with Crippen molar-refractivity contribution in [3.05, 3.63) is 84.8 Å². The van der Waals surface area contributed by atoms with Gasteiger partial charge < -0.3 is 24.9 Å². The monoisotopic (exact) mass is 467 g/mol. The summed E-state index contributed by atoms with van der Waals surface area (Å²) >= 11 is 0. The number of hydrogen-bond donors (Lipinski definition) is 3. The van der Waals surface area contributed by atoms with E-state index in [1.807, 2.05) is 0 Å². The number of amides is 2. The minimum absolute atomic E-state index is 0.260. The molecule has 0 saturated heterocycles. The van der Waals surface area contributed by atoms with Crippen molar-refractivity contribution in [3.63, 3.8) is 0 Å². The molecule has 3 aromatic heterocycles. The lowest BCUT2D eigenvalue weighted by atomic mass is 10.2. The van der Waals surface area contributed by atoms with Gasteiger partial charge in [-0.05, 0) is 60.2 Å². The number of urea groups is 1. The average Bonchev–Trinajstić information content (AvgIpc) is 3.45. The van der Waals surface area contributed by atoms with E-state index >= 15 is 0 Å². The number of ether oxygens (including phenoxy) is 1. The summed E-state index contributed by atoms with van der Waals surface area (Å²) in [5.74, 6) is -0.403. The van der Waals surface area contributed by atoms with Crippen LogP contribution in [0.2, 0.25) is 0 Å². The van der Waals surface area contributed by atoms with E-state index in [4.69, 9.17) is 2.74 Å². The van der Waals surface area contributed by atoms with Gasteiger partial charge in [-0.2, -0.15) is 0 Å². The lowest BCUT2D eigenvalue weighted by Crippen LogP contribution is -2.20. The van der Waals surface area contributed by atoms with Gasteiger partial charge in [0, 0.05) is 41.5 Å². The van der Waals surface area contributed by atoms with Crippen molar-refractivity contribution in [2.75, 3.05) is 10.6 Å². The highest BCUT2D eigenvalue weighted by Crippen LogP contribution is 2.27. The van der Waals surface area contributed by atoms with Crippen molar-refractivity contribution < 1.29 is 25.4 Å². The van der Waals surface area contributed by atoms with Crippen LogP contribution in [-0.4, -0.2) is 26.9 Å². The maximum absolute atomic E-state index is 12.6. The second-order valence-corrected chi connectivity index (χ2v) is 7.29. The molecule has 0 radical (unpaired) electrons. The summed E-state index contributed by atoms with van der Waals surface area (Å²) in [6, 6.07) is 14.4. The number of hydrogen-bond acceptors (Lipinski definition) is 3. The van der Waals surface area contributed by atoms with E-state index in [0.717, 1.165) is 12.1 Å². The number of halogens is 3. The van der Waals surface area contributed by atoms with E-state index in [1.165, 1.54) is 16.7 Å². The topological polar surface area (TPSA) is 84.0 Å². The Morgan fingerprint density at radius 2 is 1.88 bits per heavy atom. The van der Waals surface area contributed by atoms with Crippen molar-refractivity contribution in [1.82, 2.24) is 14.5 Å². The Labute approximate surface area is 194 Å². The van der Waals surface area contributed by atoms with Crippen LogP contribution in [0.15, 0.2) is 79.3 Å². The average molecular weight is 467 g/mol. The first-order valence-electron chi connectivity index (χ1n) is 11.1. The number of nitrogens with zero attached hydrogens (tertiary/aromatic N) is 2. The summed E-state index contributed by atoms with van der Waals surface area (Å²) in [6.07, 6.45) is 0.00545. The maximum Gasteiger partial charge on any atom is 0.573 e. The van der Waals surface area contributed by atoms with Crippen LogP contribution in [-0.2, 0) is 6.50 Å². The molecule has 5 rings (SSSR count). The fourth-order valence-corrected chi connectivity index (χ4v) is 3.58. The minimum Gasteiger partial charge on any atom is -0.406 e. The third kappa shape index (κ3) is 4.51. The largest absolute Gasteiger partial charge is 0.573 e. The predicted octanol–water partition coefficient (Wildman–Crippen LogP) is 6.11. The lowest BCUT2D eigenvalue weighted by Gasteiger charge is -2.11. The summed E-state index contributed by atoms with van der Waals surface area (Å²) in [7, 11) is 0. The van der Waals surface area contributed by atoms with Gasteiger partial charge in [-0.3, -0.25) is 0 Å². The Balaban J connectivity index is 1.37. The molecule has 10 heteroatoms. The molecule has 3 heterocycles. The number of aromatic amines is 1. The Morgan fingerprint density at radius 3 is 2.68 bits per heavy atom. The summed E-state index contributed by atoms with van der Waals surface area (Å²) < 4.78 is 59.9. The molecule has 34 heavy (non-hydrogen) atoms. The van der Waals surface area contributed by atoms with Crippen LogP contribution in [0.1, 0.15) is 8.30 Å². The second-order valence-electron chi connectivity index (χ2n) is 7.29. The van der Waals surface area contributed by atoms with E-state index in [0.29, 0.717) is 33.2 Å². The fourth-order valence-electron chi connectivity index (χ4n) is 3.58. The highest BCUT2D eigenvalue weighted by molar-refractivity contribution is 6.05. The molecule has 7 nitrogen and oxygen atoms in total. The molecule has 0 aliphatic carbocycles. The van der Waals surface area contributed by atoms with Crippen LogP contribution < -0.4 is 15.4 Å². The van der Waals surface area contributed by atoms with Gasteiger partial charge in [0.25, 0.3) is 0 Å². The van der Waals surface area contributed by atoms with Gasteiger partial charge in [-0.1, -0.05) is 6.07 Å². The Kier molecular flexibility index (Phi) is 4.74. The number of alkyl halides is 3. The van der Waals surface area contributed by atoms with Gasteiger partial charge in [0.05, 0.1) is 13.9 Å². The predicted molar refractivity (Wildman–Crippen MR) is 123 cm³/mol. The highest BCUT2D eigenvalue weighted by atomic mass is 19.4. The first-order valence-corrected chi connectivity index (χ1v) is 10.1. The molecule has 0 saturated carbocycles. The molecule has 0 atom stereocenters. The molecule has 0 unspecified atom stereocenters. The second kappa shape index (κ2) is 8.47. The zero-order valence-electron chi connectivity index (χ0n) is 19.4. The molecule has 3 N–H and O–H groups in total. The molecule has 0 bridgehead atoms.